The van der Waals surface area contributed by atoms with Crippen molar-refractivity contribution in [2.75, 3.05) is 0 Å². The zero-order valence-electron chi connectivity index (χ0n) is 14.1. The number of amides is 1. The van der Waals surface area contributed by atoms with Gasteiger partial charge in [-0.25, -0.2) is 4.39 Å². The van der Waals surface area contributed by atoms with Crippen LogP contribution in [0.1, 0.15) is 42.6 Å². The van der Waals surface area contributed by atoms with E-state index < -0.39 is 0 Å². The van der Waals surface area contributed by atoms with Crippen LogP contribution < -0.4 is 11.1 Å². The maximum absolute atomic E-state index is 13.7. The van der Waals surface area contributed by atoms with Crippen LogP contribution in [-0.2, 0) is 4.79 Å². The molecule has 3 N–H and O–H groups in total. The van der Waals surface area contributed by atoms with E-state index in [2.05, 4.69) is 5.32 Å². The fraction of sp³-hybridized carbons (Fsp3) is 0.316. The van der Waals surface area contributed by atoms with Gasteiger partial charge in [-0.2, -0.15) is 0 Å². The van der Waals surface area contributed by atoms with E-state index in [0.717, 1.165) is 11.1 Å². The Morgan fingerprint density at radius 1 is 1.08 bits per heavy atom. The van der Waals surface area contributed by atoms with E-state index in [1.54, 1.807) is 19.9 Å². The molecule has 24 heavy (non-hydrogen) atoms. The molecule has 3 atom stereocenters. The van der Waals surface area contributed by atoms with Crippen LogP contribution in [0.4, 0.5) is 4.39 Å². The lowest BCUT2D eigenvalue weighted by atomic mass is 9.94. The summed E-state index contributed by atoms with van der Waals surface area (Å²) in [5.41, 5.74) is 8.42. The Labute approximate surface area is 148 Å². The Balaban J connectivity index is 0.00000288. The minimum atomic E-state index is -0.379. The van der Waals surface area contributed by atoms with Crippen LogP contribution in [0.3, 0.4) is 0 Å². The van der Waals surface area contributed by atoms with E-state index >= 15 is 0 Å². The molecule has 0 bridgehead atoms. The summed E-state index contributed by atoms with van der Waals surface area (Å²) in [5.74, 6) is -0.789. The number of hydrogen-bond donors (Lipinski definition) is 2. The molecule has 1 amide bonds. The summed E-state index contributed by atoms with van der Waals surface area (Å²) in [6.07, 6.45) is 0. The van der Waals surface area contributed by atoms with Gasteiger partial charge in [0, 0.05) is 6.04 Å². The molecule has 130 valence electrons. The molecule has 0 aliphatic rings. The first-order chi connectivity index (χ1) is 10.9. The minimum absolute atomic E-state index is 0. The monoisotopic (exact) mass is 350 g/mol. The highest BCUT2D eigenvalue weighted by atomic mass is 35.5. The van der Waals surface area contributed by atoms with Crippen molar-refractivity contribution in [1.82, 2.24) is 5.32 Å². The molecule has 0 aromatic heterocycles. The normalized spacial score (nSPS) is 14.2. The molecule has 3 nitrogen and oxygen atoms in total. The molecule has 0 heterocycles. The van der Waals surface area contributed by atoms with Crippen LogP contribution in [0.15, 0.2) is 48.5 Å². The molecule has 3 unspecified atom stereocenters. The number of nitrogens with two attached hydrogens (primary N) is 1. The topological polar surface area (TPSA) is 55.1 Å². The second-order valence-electron chi connectivity index (χ2n) is 5.96. The lowest BCUT2D eigenvalue weighted by molar-refractivity contribution is -0.125. The molecule has 0 aliphatic heterocycles. The summed E-state index contributed by atoms with van der Waals surface area (Å²) in [4.78, 5) is 12.4. The fourth-order valence-electron chi connectivity index (χ4n) is 2.43. The van der Waals surface area contributed by atoms with Crippen molar-refractivity contribution in [1.29, 1.82) is 0 Å². The Bertz CT molecular complexity index is 678. The Morgan fingerprint density at radius 2 is 1.71 bits per heavy atom. The number of nitrogens with one attached hydrogen (secondary N) is 1. The van der Waals surface area contributed by atoms with Gasteiger partial charge in [0.25, 0.3) is 0 Å². The summed E-state index contributed by atoms with van der Waals surface area (Å²) in [6.45, 7) is 5.35. The highest BCUT2D eigenvalue weighted by molar-refractivity contribution is 5.85. The molecular formula is C19H24ClFN2O. The van der Waals surface area contributed by atoms with Crippen LogP contribution in [0.25, 0.3) is 0 Å². The predicted molar refractivity (Wildman–Crippen MR) is 97.5 cm³/mol. The maximum atomic E-state index is 13.7. The van der Waals surface area contributed by atoms with Gasteiger partial charge in [-0.3, -0.25) is 4.79 Å². The van der Waals surface area contributed by atoms with Crippen molar-refractivity contribution in [3.63, 3.8) is 0 Å². The van der Waals surface area contributed by atoms with Gasteiger partial charge in [-0.15, -0.1) is 12.4 Å². The van der Waals surface area contributed by atoms with Gasteiger partial charge < -0.3 is 11.1 Å². The first-order valence-corrected chi connectivity index (χ1v) is 7.77. The van der Waals surface area contributed by atoms with E-state index in [-0.39, 0.29) is 42.1 Å². The smallest absolute Gasteiger partial charge is 0.225 e. The summed E-state index contributed by atoms with van der Waals surface area (Å²) < 4.78 is 13.7. The first kappa shape index (κ1) is 20.1. The molecule has 0 aliphatic carbocycles. The van der Waals surface area contributed by atoms with Gasteiger partial charge >= 0.3 is 0 Å². The van der Waals surface area contributed by atoms with Crippen LogP contribution in [0.5, 0.6) is 0 Å². The lowest BCUT2D eigenvalue weighted by Gasteiger charge is -2.22. The SMILES string of the molecule is Cc1ccc(C(C)NC(=O)C(C)C(N)c2ccccc2)cc1F.Cl. The second-order valence-corrected chi connectivity index (χ2v) is 5.96. The third-order valence-electron chi connectivity index (χ3n) is 4.19. The van der Waals surface area contributed by atoms with E-state index in [1.807, 2.05) is 43.3 Å². The summed E-state index contributed by atoms with van der Waals surface area (Å²) >= 11 is 0. The minimum Gasteiger partial charge on any atom is -0.349 e. The molecule has 0 saturated carbocycles. The fourth-order valence-corrected chi connectivity index (χ4v) is 2.43. The largest absolute Gasteiger partial charge is 0.349 e. The summed E-state index contributed by atoms with van der Waals surface area (Å²) in [5, 5.41) is 2.91. The van der Waals surface area contributed by atoms with Crippen LogP contribution in [0, 0.1) is 18.7 Å². The molecule has 2 aromatic carbocycles. The number of benzene rings is 2. The van der Waals surface area contributed by atoms with Crippen molar-refractivity contribution in [2.24, 2.45) is 11.7 Å². The standard InChI is InChI=1S/C19H23FN2O.ClH/c1-12-9-10-16(11-17(12)20)14(3)22-19(23)13(2)18(21)15-7-5-4-6-8-15;/h4-11,13-14,18H,21H2,1-3H3,(H,22,23);1H. The first-order valence-electron chi connectivity index (χ1n) is 7.77. The van der Waals surface area contributed by atoms with Gasteiger partial charge in [-0.1, -0.05) is 49.4 Å². The number of aryl methyl sites for hydroxylation is 1. The Morgan fingerprint density at radius 3 is 2.29 bits per heavy atom. The van der Waals surface area contributed by atoms with E-state index in [1.165, 1.54) is 6.07 Å². The van der Waals surface area contributed by atoms with E-state index in [9.17, 15) is 9.18 Å². The van der Waals surface area contributed by atoms with Crippen LogP contribution >= 0.6 is 12.4 Å². The van der Waals surface area contributed by atoms with Gasteiger partial charge in [0.15, 0.2) is 0 Å². The lowest BCUT2D eigenvalue weighted by Crippen LogP contribution is -2.36. The second kappa shape index (κ2) is 8.81. The molecule has 0 spiro atoms. The van der Waals surface area contributed by atoms with Gasteiger partial charge in [-0.05, 0) is 36.6 Å². The molecule has 0 radical (unpaired) electrons. The molecule has 0 fully saturated rings. The van der Waals surface area contributed by atoms with Gasteiger partial charge in [0.05, 0.1) is 12.0 Å². The highest BCUT2D eigenvalue weighted by Gasteiger charge is 2.23. The number of carbonyl (C=O) groups excluding carboxylic acids is 1. The van der Waals surface area contributed by atoms with E-state index in [4.69, 9.17) is 5.73 Å². The van der Waals surface area contributed by atoms with Gasteiger partial charge in [0.2, 0.25) is 5.91 Å². The average molecular weight is 351 g/mol. The van der Waals surface area contributed by atoms with Crippen molar-refractivity contribution < 1.29 is 9.18 Å². The van der Waals surface area contributed by atoms with Crippen molar-refractivity contribution in [3.05, 3.63) is 71.0 Å². The Hall–Kier alpha value is -1.91. The van der Waals surface area contributed by atoms with Crippen molar-refractivity contribution in [2.45, 2.75) is 32.9 Å². The Kier molecular flexibility index (Phi) is 7.39. The number of hydrogen-bond acceptors (Lipinski definition) is 2. The number of rotatable bonds is 5. The number of carbonyl (C=O) groups is 1. The average Bonchev–Trinajstić information content (AvgIpc) is 2.56. The summed E-state index contributed by atoms with van der Waals surface area (Å²) in [7, 11) is 0. The van der Waals surface area contributed by atoms with Crippen molar-refractivity contribution in [3.8, 4) is 0 Å². The quantitative estimate of drug-likeness (QED) is 0.854. The molecule has 2 rings (SSSR count). The highest BCUT2D eigenvalue weighted by Crippen LogP contribution is 2.21. The molecule has 0 saturated heterocycles. The molecule has 2 aromatic rings. The van der Waals surface area contributed by atoms with E-state index in [0.29, 0.717) is 5.56 Å². The van der Waals surface area contributed by atoms with Crippen LogP contribution in [0.2, 0.25) is 0 Å². The van der Waals surface area contributed by atoms with Gasteiger partial charge in [0.1, 0.15) is 5.82 Å². The molecular weight excluding hydrogens is 327 g/mol. The molecule has 5 heteroatoms. The number of halogens is 2. The third kappa shape index (κ3) is 4.79. The predicted octanol–water partition coefficient (Wildman–Crippen LogP) is 4.07. The zero-order valence-corrected chi connectivity index (χ0v) is 14.9. The van der Waals surface area contributed by atoms with Crippen LogP contribution in [-0.4, -0.2) is 5.91 Å². The maximum Gasteiger partial charge on any atom is 0.225 e. The van der Waals surface area contributed by atoms with Crippen molar-refractivity contribution >= 4 is 18.3 Å². The zero-order chi connectivity index (χ0) is 17.0. The summed E-state index contributed by atoms with van der Waals surface area (Å²) in [6, 6.07) is 13.9. The third-order valence-corrected chi connectivity index (χ3v) is 4.19.